The van der Waals surface area contributed by atoms with Crippen LogP contribution in [-0.4, -0.2) is 38.6 Å². The van der Waals surface area contributed by atoms with E-state index in [0.717, 1.165) is 25.9 Å². The van der Waals surface area contributed by atoms with Gasteiger partial charge in [-0.3, -0.25) is 9.13 Å². The van der Waals surface area contributed by atoms with Gasteiger partial charge in [0.25, 0.3) is 0 Å². The van der Waals surface area contributed by atoms with Crippen molar-refractivity contribution in [3.05, 3.63) is 0 Å². The second-order valence-corrected chi connectivity index (χ2v) is 7.25. The minimum Gasteiger partial charge on any atom is -0.330 e. The van der Waals surface area contributed by atoms with Gasteiger partial charge in [-0.2, -0.15) is 0 Å². The van der Waals surface area contributed by atoms with Gasteiger partial charge in [0.1, 0.15) is 0 Å². The van der Waals surface area contributed by atoms with E-state index >= 15 is 0 Å². The molecule has 0 amide bonds. The van der Waals surface area contributed by atoms with Crippen molar-refractivity contribution < 1.29 is 28.7 Å². The average molecular weight is 292 g/mol. The second kappa shape index (κ2) is 10.2. The molecule has 0 atom stereocenters. The predicted molar refractivity (Wildman–Crippen MR) is 65.5 cm³/mol. The Hall–Kier alpha value is 0.220. The van der Waals surface area contributed by atoms with Crippen molar-refractivity contribution in [3.63, 3.8) is 0 Å². The molecule has 0 aliphatic carbocycles. The van der Waals surface area contributed by atoms with Crippen molar-refractivity contribution in [1.82, 2.24) is 0 Å². The molecular formula is C7H22N2O6P2. The van der Waals surface area contributed by atoms with Crippen LogP contribution in [-0.2, 0) is 9.13 Å². The van der Waals surface area contributed by atoms with Gasteiger partial charge in [0.2, 0.25) is 0 Å². The monoisotopic (exact) mass is 292 g/mol. The predicted octanol–water partition coefficient (Wildman–Crippen LogP) is -0.236. The maximum atomic E-state index is 9.85. The topological polar surface area (TPSA) is 167 Å². The van der Waals surface area contributed by atoms with Gasteiger partial charge in [-0.1, -0.05) is 12.8 Å². The van der Waals surface area contributed by atoms with Gasteiger partial charge in [0.15, 0.2) is 5.90 Å². The van der Waals surface area contributed by atoms with E-state index in [4.69, 9.17) is 31.0 Å². The zero-order valence-corrected chi connectivity index (χ0v) is 11.4. The van der Waals surface area contributed by atoms with E-state index in [-0.39, 0.29) is 0 Å². The molecule has 0 aliphatic rings. The molecule has 0 aromatic carbocycles. The second-order valence-electron chi connectivity index (χ2n) is 3.46. The first kappa shape index (κ1) is 19.6. The third-order valence-corrected chi connectivity index (χ3v) is 4.47. The summed E-state index contributed by atoms with van der Waals surface area (Å²) in [7, 11) is -9.10. The highest BCUT2D eigenvalue weighted by Crippen LogP contribution is 2.51. The maximum Gasteiger partial charge on any atom is 0.337 e. The van der Waals surface area contributed by atoms with Gasteiger partial charge in [0, 0.05) is 0 Å². The number of hydrogen-bond acceptors (Lipinski definition) is 4. The molecule has 0 saturated carbocycles. The Bertz CT molecular complexity index is 237. The summed E-state index contributed by atoms with van der Waals surface area (Å²) in [5.41, 5.74) is 10.6. The maximum absolute atomic E-state index is 9.85. The fraction of sp³-hybridized carbons (Fsp3) is 1.00. The average Bonchev–Trinajstić information content (AvgIpc) is 2.07. The van der Waals surface area contributed by atoms with E-state index in [0.29, 0.717) is 0 Å². The summed E-state index contributed by atoms with van der Waals surface area (Å²) in [6.07, 6.45) is 4.79. The van der Waals surface area contributed by atoms with Crippen LogP contribution < -0.4 is 11.5 Å². The van der Waals surface area contributed by atoms with Crippen LogP contribution in [0, 0.1) is 0 Å². The molecule has 106 valence electrons. The zero-order chi connectivity index (χ0) is 13.9. The first-order valence-corrected chi connectivity index (χ1v) is 8.71. The number of nitrogens with two attached hydrogens (primary N) is 2. The Morgan fingerprint density at radius 2 is 1.00 bits per heavy atom. The van der Waals surface area contributed by atoms with E-state index in [9.17, 15) is 9.13 Å². The highest BCUT2D eigenvalue weighted by Gasteiger charge is 2.26. The van der Waals surface area contributed by atoms with Crippen LogP contribution in [0.25, 0.3) is 0 Å². The summed E-state index contributed by atoms with van der Waals surface area (Å²) < 4.78 is 19.7. The summed E-state index contributed by atoms with van der Waals surface area (Å²) in [6, 6.07) is 0. The molecule has 8 nitrogen and oxygen atoms in total. The first-order valence-electron chi connectivity index (χ1n) is 5.11. The van der Waals surface area contributed by atoms with Gasteiger partial charge in [0.05, 0.1) is 0 Å². The van der Waals surface area contributed by atoms with Crippen molar-refractivity contribution in [3.8, 4) is 0 Å². The van der Waals surface area contributed by atoms with Crippen LogP contribution in [0.3, 0.4) is 0 Å². The smallest absolute Gasteiger partial charge is 0.330 e. The fourth-order valence-corrected chi connectivity index (χ4v) is 2.80. The lowest BCUT2D eigenvalue weighted by molar-refractivity contribution is 0.357. The zero-order valence-electron chi connectivity index (χ0n) is 9.60. The first-order chi connectivity index (χ1) is 7.62. The van der Waals surface area contributed by atoms with Crippen molar-refractivity contribution in [2.45, 2.75) is 25.7 Å². The van der Waals surface area contributed by atoms with E-state index in [2.05, 4.69) is 0 Å². The summed E-state index contributed by atoms with van der Waals surface area (Å²) in [5.74, 6) is -1.38. The molecular weight excluding hydrogens is 270 g/mol. The Labute approximate surface area is 101 Å². The van der Waals surface area contributed by atoms with Crippen molar-refractivity contribution in [1.29, 1.82) is 0 Å². The number of hydrogen-bond donors (Lipinski definition) is 6. The van der Waals surface area contributed by atoms with Gasteiger partial charge >= 0.3 is 15.2 Å². The summed E-state index contributed by atoms with van der Waals surface area (Å²) in [6.45, 7) is 1.65. The Balaban J connectivity index is 0. The largest absolute Gasteiger partial charge is 0.337 e. The van der Waals surface area contributed by atoms with E-state index in [1.165, 1.54) is 12.8 Å². The molecule has 8 N–H and O–H groups in total. The lowest BCUT2D eigenvalue weighted by Crippen LogP contribution is -2.00. The summed E-state index contributed by atoms with van der Waals surface area (Å²) >= 11 is 0. The quantitative estimate of drug-likeness (QED) is 0.276. The van der Waals surface area contributed by atoms with Crippen molar-refractivity contribution in [2.24, 2.45) is 11.5 Å². The molecule has 0 heterocycles. The van der Waals surface area contributed by atoms with Gasteiger partial charge < -0.3 is 31.0 Å². The highest BCUT2D eigenvalue weighted by molar-refractivity contribution is 7.69. The third kappa shape index (κ3) is 26.1. The van der Waals surface area contributed by atoms with Crippen molar-refractivity contribution in [2.75, 3.05) is 19.0 Å². The normalized spacial score (nSPS) is 11.9. The molecule has 0 bridgehead atoms. The molecule has 0 spiro atoms. The van der Waals surface area contributed by atoms with Crippen LogP contribution in [0.4, 0.5) is 0 Å². The van der Waals surface area contributed by atoms with Gasteiger partial charge in [-0.25, -0.2) is 0 Å². The van der Waals surface area contributed by atoms with Crippen LogP contribution >= 0.6 is 15.2 Å². The molecule has 0 saturated heterocycles. The van der Waals surface area contributed by atoms with Crippen LogP contribution in [0.5, 0.6) is 0 Å². The minimum absolute atomic E-state index is 0.824. The molecule has 0 aliphatic heterocycles. The molecule has 17 heavy (non-hydrogen) atoms. The Kier molecular flexibility index (Phi) is 11.7. The summed E-state index contributed by atoms with van der Waals surface area (Å²) in [5, 5.41) is 0. The molecule has 0 fully saturated rings. The number of unbranched alkanes of at least 4 members (excludes halogenated alkanes) is 3. The van der Waals surface area contributed by atoms with Crippen LogP contribution in [0.2, 0.25) is 0 Å². The molecule has 0 radical (unpaired) electrons. The lowest BCUT2D eigenvalue weighted by atomic mass is 10.2. The lowest BCUT2D eigenvalue weighted by Gasteiger charge is -2.03. The van der Waals surface area contributed by atoms with E-state index in [1.807, 2.05) is 0 Å². The molecule has 10 heteroatoms. The highest BCUT2D eigenvalue weighted by atomic mass is 31.2. The SMILES string of the molecule is NCCCCCCN.O=P(O)(O)CP(=O)(O)O. The molecule has 0 aromatic rings. The molecule has 0 unspecified atom stereocenters. The number of rotatable bonds is 7. The third-order valence-electron chi connectivity index (χ3n) is 1.53. The van der Waals surface area contributed by atoms with Crippen LogP contribution in [0.1, 0.15) is 25.7 Å². The van der Waals surface area contributed by atoms with E-state index in [1.54, 1.807) is 0 Å². The van der Waals surface area contributed by atoms with Crippen molar-refractivity contribution >= 4 is 15.2 Å². The molecule has 0 aromatic heterocycles. The Morgan fingerprint density at radius 3 is 1.12 bits per heavy atom. The van der Waals surface area contributed by atoms with Gasteiger partial charge in [-0.05, 0) is 25.9 Å². The van der Waals surface area contributed by atoms with Gasteiger partial charge in [-0.15, -0.1) is 0 Å². The fourth-order valence-electron chi connectivity index (χ4n) is 0.882. The Morgan fingerprint density at radius 1 is 0.706 bits per heavy atom. The molecule has 0 rings (SSSR count). The minimum atomic E-state index is -4.55. The van der Waals surface area contributed by atoms with E-state index < -0.39 is 21.1 Å². The summed E-state index contributed by atoms with van der Waals surface area (Å²) in [4.78, 5) is 31.9. The van der Waals surface area contributed by atoms with Crippen LogP contribution in [0.15, 0.2) is 0 Å². The standard InChI is InChI=1S/C6H16N2.CH6O6P2/c7-5-3-1-2-4-6-8;2-8(3,4)1-9(5,6)7/h1-8H2;1H2,(H2,2,3,4)(H2,5,6,7).